The molecule has 0 spiro atoms. The first-order chi connectivity index (χ1) is 44.5. The highest BCUT2D eigenvalue weighted by atomic mass is 32.1. The second-order valence-electron chi connectivity index (χ2n) is 22.1. The fraction of sp³-hybridized carbons (Fsp3) is 0.611. The number of hydrogen-bond acceptors (Lipinski definition) is 31. The van der Waals surface area contributed by atoms with Gasteiger partial charge in [0.2, 0.25) is 29.5 Å². The molecular weight excluding hydrogens is 1290 g/mol. The summed E-state index contributed by atoms with van der Waals surface area (Å²) in [4.78, 5) is 130. The zero-order valence-corrected chi connectivity index (χ0v) is 53.1. The van der Waals surface area contributed by atoms with E-state index in [9.17, 15) is 74.4 Å². The highest BCUT2D eigenvalue weighted by Crippen LogP contribution is 2.35. The number of hydrogen-bond donors (Lipinski definition) is 20. The number of ether oxygens (including phenoxy) is 5. The van der Waals surface area contributed by atoms with E-state index in [0.29, 0.717) is 22.3 Å². The molecule has 0 aliphatic carbocycles. The minimum absolute atomic E-state index is 0.00451. The Balaban J connectivity index is 1.28. The fourth-order valence-corrected chi connectivity index (χ4v) is 11.2. The molecule has 40 heteroatoms. The van der Waals surface area contributed by atoms with Crippen LogP contribution in [0.4, 0.5) is 10.6 Å². The zero-order chi connectivity index (χ0) is 69.4. The number of aromatic amines is 1. The number of unbranched alkanes of at least 4 members (excludes halogenated alkanes) is 1. The van der Waals surface area contributed by atoms with Gasteiger partial charge in [0.1, 0.15) is 94.6 Å². The fourth-order valence-electron chi connectivity index (χ4n) is 9.61. The maximum absolute atomic E-state index is 15.2. The summed E-state index contributed by atoms with van der Waals surface area (Å²) in [5.41, 5.74) is 28.0. The number of carbonyl (C=O) groups is 8. The van der Waals surface area contributed by atoms with E-state index >= 15 is 4.79 Å². The topological polar surface area (TPSA) is 627 Å². The van der Waals surface area contributed by atoms with Crippen LogP contribution < -0.4 is 60.6 Å². The summed E-state index contributed by atoms with van der Waals surface area (Å²) in [5, 5.41) is 108. The second-order valence-corrected chi connectivity index (χ2v) is 23.9. The first-order valence-corrected chi connectivity index (χ1v) is 31.2. The van der Waals surface area contributed by atoms with Crippen LogP contribution in [-0.4, -0.2) is 249 Å². The van der Waals surface area contributed by atoms with Crippen LogP contribution in [0.1, 0.15) is 102 Å². The molecular formula is C54H81N17O21S2. The first-order valence-electron chi connectivity index (χ1n) is 29.4. The predicted octanol–water partition coefficient (Wildman–Crippen LogP) is -7.17. The van der Waals surface area contributed by atoms with Gasteiger partial charge < -0.3 is 130 Å². The van der Waals surface area contributed by atoms with Gasteiger partial charge in [0.15, 0.2) is 18.7 Å². The molecule has 0 aromatic carbocycles. The number of amides is 8. The van der Waals surface area contributed by atoms with Crippen molar-refractivity contribution in [2.45, 2.75) is 170 Å². The molecule has 6 rings (SSSR count). The van der Waals surface area contributed by atoms with Gasteiger partial charge in [-0.25, -0.2) is 29.7 Å². The minimum Gasteiger partial charge on any atom is -0.441 e. The molecule has 4 aromatic rings. The normalized spacial score (nSPS) is 24.2. The largest absolute Gasteiger partial charge is 0.441 e. The Morgan fingerprint density at radius 2 is 1.47 bits per heavy atom. The van der Waals surface area contributed by atoms with Crippen LogP contribution >= 0.6 is 22.7 Å². The van der Waals surface area contributed by atoms with Gasteiger partial charge in [-0.2, -0.15) is 0 Å². The van der Waals surface area contributed by atoms with E-state index in [2.05, 4.69) is 61.8 Å². The number of nitrogens with two attached hydrogens (primary N) is 5. The number of carbonyl (C=O) groups excluding carboxylic acids is 8. The minimum atomic E-state index is -2.20. The van der Waals surface area contributed by atoms with Crippen LogP contribution in [-0.2, 0) is 54.1 Å². The van der Waals surface area contributed by atoms with Gasteiger partial charge in [0.05, 0.1) is 72.7 Å². The number of aromatic nitrogens is 6. The summed E-state index contributed by atoms with van der Waals surface area (Å²) in [7, 11) is 0. The molecule has 2 aliphatic heterocycles. The standard InChI is InChI=1S/C54H81N17O21S2/c1-6-7-9-61-47(83)26-16-94-51(67-26)27-17-93-31(66-27)8-10-62-48(84)33(22(5)74)69-46(82)20(3)35(76)21(4)65-50(86)34(70-49(85)32-19(2)43(57)71-45(68-32)24(11-30(56)75)63-12-23(55)44(58)81)40(25-13-60-18-64-25)90-53-42(38(79)36(77)28(14-72)89-53)91-52-39(80)41(92-54(59)87)37(78)29(15-73)88-52/h13,16-18,20-24,28-29,33-42,52-53,63,72-74,76-80H,6-12,14-15,55H2,1-5H3,(H2,56,75)(H2,58,81)(H2,59,87)(H,60,64)(H,61,83)(H,62,84)(H,65,86)(H,69,82)(H,70,85)(H2,57,68,71)/t20?,21?,22-,23+,24+,28?,29?,33-,34?,35?,36?,37?,38?,39?,40?,41?,42?,52?,53?/m0/s1. The van der Waals surface area contributed by atoms with Gasteiger partial charge in [-0.05, 0) is 27.2 Å². The molecule has 6 heterocycles. The Morgan fingerprint density at radius 1 is 0.777 bits per heavy atom. The number of primary amides is 3. The lowest BCUT2D eigenvalue weighted by Gasteiger charge is -2.47. The maximum atomic E-state index is 15.2. The summed E-state index contributed by atoms with van der Waals surface area (Å²) in [6.07, 6.45) is -23.4. The third kappa shape index (κ3) is 19.5. The number of H-pyrrole nitrogens is 1. The molecule has 94 heavy (non-hydrogen) atoms. The lowest BCUT2D eigenvalue weighted by atomic mass is 9.96. The number of aliphatic hydroxyl groups is 8. The lowest BCUT2D eigenvalue weighted by Crippen LogP contribution is -2.65. The summed E-state index contributed by atoms with van der Waals surface area (Å²) in [5.74, 6) is -8.69. The summed E-state index contributed by atoms with van der Waals surface area (Å²) < 4.78 is 28.7. The van der Waals surface area contributed by atoms with Crippen molar-refractivity contribution >= 4 is 75.9 Å². The van der Waals surface area contributed by atoms with Crippen molar-refractivity contribution in [1.29, 1.82) is 0 Å². The molecule has 38 nitrogen and oxygen atoms in total. The summed E-state index contributed by atoms with van der Waals surface area (Å²) in [6.45, 7) is 5.17. The van der Waals surface area contributed by atoms with Crippen molar-refractivity contribution < 1.29 is 103 Å². The second kappa shape index (κ2) is 34.7. The number of nitrogens with zero attached hydrogens (tertiary/aromatic N) is 5. The van der Waals surface area contributed by atoms with Crippen LogP contribution in [0.25, 0.3) is 10.7 Å². The predicted molar refractivity (Wildman–Crippen MR) is 325 cm³/mol. The molecule has 25 N–H and O–H groups in total. The van der Waals surface area contributed by atoms with Crippen molar-refractivity contribution in [2.75, 3.05) is 38.6 Å². The summed E-state index contributed by atoms with van der Waals surface area (Å²) >= 11 is 2.51. The molecule has 0 radical (unpaired) electrons. The van der Waals surface area contributed by atoms with Crippen LogP contribution in [0.15, 0.2) is 23.3 Å². The Bertz CT molecular complexity index is 3220. The van der Waals surface area contributed by atoms with Crippen molar-refractivity contribution in [1.82, 2.24) is 61.8 Å². The van der Waals surface area contributed by atoms with Gasteiger partial charge >= 0.3 is 6.09 Å². The van der Waals surface area contributed by atoms with E-state index < -0.39 is 183 Å². The third-order valence-electron chi connectivity index (χ3n) is 15.1. The van der Waals surface area contributed by atoms with E-state index in [0.717, 1.165) is 25.4 Å². The quantitative estimate of drug-likeness (QED) is 0.0193. The molecule has 2 saturated heterocycles. The van der Waals surface area contributed by atoms with Gasteiger partial charge in [0, 0.05) is 48.8 Å². The van der Waals surface area contributed by atoms with Gasteiger partial charge in [0.25, 0.3) is 11.8 Å². The number of imidazole rings is 1. The van der Waals surface area contributed by atoms with Crippen LogP contribution in [0, 0.1) is 12.8 Å². The maximum Gasteiger partial charge on any atom is 0.404 e. The number of anilines is 1. The average Bonchev–Trinajstić information content (AvgIpc) is 1.31. The number of nitrogens with one attached hydrogen (secondary N) is 7. The number of thiazole rings is 2. The smallest absolute Gasteiger partial charge is 0.404 e. The summed E-state index contributed by atoms with van der Waals surface area (Å²) in [6, 6.07) is -7.84. The third-order valence-corrected chi connectivity index (χ3v) is 16.9. The molecule has 4 aromatic heterocycles. The van der Waals surface area contributed by atoms with Crippen molar-refractivity contribution in [3.8, 4) is 10.7 Å². The monoisotopic (exact) mass is 1370 g/mol. The zero-order valence-electron chi connectivity index (χ0n) is 51.5. The molecule has 0 saturated carbocycles. The molecule has 520 valence electrons. The van der Waals surface area contributed by atoms with E-state index in [1.54, 1.807) is 10.8 Å². The Kier molecular flexibility index (Phi) is 27.8. The molecule has 0 bridgehead atoms. The highest BCUT2D eigenvalue weighted by Gasteiger charge is 2.54. The van der Waals surface area contributed by atoms with E-state index in [4.69, 9.17) is 52.4 Å². The van der Waals surface area contributed by atoms with Crippen LogP contribution in [0.5, 0.6) is 0 Å². The SMILES string of the molecule is CCCCNC(=O)c1csc(-c2csc(CCNC(=O)[C@@H](NC(=O)C(C)C(O)C(C)NC(=O)C(NC(=O)c3nc([C@@H](CC(N)=O)NC[C@@H](N)C(N)=O)nc(N)c3C)C(OC3OC(CO)C(O)C(O)C3OC3OC(CO)C(O)C(OC(N)=O)C3O)c3cnc[nH]3)[C@H](C)O)n2)n1. The number of nitrogen functional groups attached to an aromatic ring is 1. The molecule has 15 unspecified atom stereocenters. The molecule has 2 fully saturated rings. The van der Waals surface area contributed by atoms with E-state index in [1.165, 1.54) is 50.4 Å². The van der Waals surface area contributed by atoms with Gasteiger partial charge in [-0.3, -0.25) is 33.6 Å². The van der Waals surface area contributed by atoms with Crippen LogP contribution in [0.2, 0.25) is 0 Å². The Hall–Kier alpha value is -7.65. The van der Waals surface area contributed by atoms with Crippen molar-refractivity contribution in [3.63, 3.8) is 0 Å². The molecule has 8 amide bonds. The molecule has 19 atom stereocenters. The van der Waals surface area contributed by atoms with Gasteiger partial charge in [-0.15, -0.1) is 22.7 Å². The molecule has 2 aliphatic rings. The van der Waals surface area contributed by atoms with Crippen LogP contribution in [0.3, 0.4) is 0 Å². The van der Waals surface area contributed by atoms with E-state index in [1.807, 2.05) is 6.92 Å². The van der Waals surface area contributed by atoms with Crippen molar-refractivity contribution in [3.05, 3.63) is 56.8 Å². The number of aliphatic hydroxyl groups excluding tert-OH is 8. The lowest BCUT2D eigenvalue weighted by molar-refractivity contribution is -0.372. The van der Waals surface area contributed by atoms with E-state index in [-0.39, 0.29) is 54.0 Å². The Morgan fingerprint density at radius 3 is 2.10 bits per heavy atom. The van der Waals surface area contributed by atoms with Gasteiger partial charge in [-0.1, -0.05) is 20.3 Å². The van der Waals surface area contributed by atoms with Crippen molar-refractivity contribution in [2.24, 2.45) is 28.9 Å². The number of rotatable bonds is 34. The average molecular weight is 1370 g/mol. The Labute approximate surface area is 543 Å². The highest BCUT2D eigenvalue weighted by molar-refractivity contribution is 7.14. The first kappa shape index (κ1) is 75.4.